The third-order valence-electron chi connectivity index (χ3n) is 15.3. The number of benzene rings is 12. The summed E-state index contributed by atoms with van der Waals surface area (Å²) in [4.78, 5) is 0. The fourth-order valence-electron chi connectivity index (χ4n) is 13.2. The summed E-state index contributed by atoms with van der Waals surface area (Å²) < 4.78 is 0. The molecule has 0 saturated heterocycles. The Morgan fingerprint density at radius 2 is 0.645 bits per heavy atom. The molecule has 0 amide bonds. The van der Waals surface area contributed by atoms with Crippen molar-refractivity contribution in [2.45, 2.75) is 39.5 Å². The maximum Gasteiger partial charge on any atom is -0.000696 e. The Labute approximate surface area is 358 Å². The molecule has 0 nitrogen and oxygen atoms in total. The highest BCUT2D eigenvalue weighted by atomic mass is 14.4. The largest absolute Gasteiger partial charge is 0.0622 e. The Morgan fingerprint density at radius 1 is 0.258 bits per heavy atom. The van der Waals surface area contributed by atoms with E-state index in [9.17, 15) is 0 Å². The molecular weight excluding hydrogens is 745 g/mol. The standard InChI is InChI=1S/C62H40/c1-31(2)49-36-18-10-11-19-37(36)50(32(3)4)59-45-27-23-41-43-25-29-47-56-46(28-24-42(54(43)56)40-22-26-44(58(49)59)55(45)53(40)41)60-51(33-14-6-5-7-15-33)48-30-34-16-8-9-17-35(34)52-38-20-12-13-21-39(38)57(61(47)60)62(48)52/h5-32H,1-4H3. The molecule has 0 radical (unpaired) electrons. The lowest BCUT2D eigenvalue weighted by molar-refractivity contribution is 0.864. The van der Waals surface area contributed by atoms with E-state index in [1.54, 1.807) is 0 Å². The quantitative estimate of drug-likeness (QED) is 0.124. The van der Waals surface area contributed by atoms with Gasteiger partial charge in [0.15, 0.2) is 0 Å². The van der Waals surface area contributed by atoms with Crippen LogP contribution in [0.3, 0.4) is 0 Å². The van der Waals surface area contributed by atoms with E-state index in [1.807, 2.05) is 0 Å². The number of fused-ring (bicyclic) bond motifs is 15. The summed E-state index contributed by atoms with van der Waals surface area (Å²) in [6.07, 6.45) is 0. The Bertz CT molecular complexity index is 4190. The Kier molecular flexibility index (Phi) is 6.12. The van der Waals surface area contributed by atoms with Crippen LogP contribution in [0.1, 0.15) is 50.7 Å². The summed E-state index contributed by atoms with van der Waals surface area (Å²) in [5.74, 6) is 0.779. The Hall–Kier alpha value is -7.28. The van der Waals surface area contributed by atoms with Crippen LogP contribution < -0.4 is 0 Å². The van der Waals surface area contributed by atoms with Crippen molar-refractivity contribution in [1.82, 2.24) is 0 Å². The van der Waals surface area contributed by atoms with Crippen molar-refractivity contribution >= 4 is 118 Å². The van der Waals surface area contributed by atoms with E-state index in [0.717, 1.165) is 0 Å². The minimum Gasteiger partial charge on any atom is -0.0622 e. The molecule has 0 atom stereocenters. The first-order valence-electron chi connectivity index (χ1n) is 22.5. The van der Waals surface area contributed by atoms with Crippen molar-refractivity contribution in [3.05, 3.63) is 169 Å². The third-order valence-corrected chi connectivity index (χ3v) is 15.3. The minimum atomic E-state index is 0.389. The summed E-state index contributed by atoms with van der Waals surface area (Å²) >= 11 is 0. The molecule has 0 heterocycles. The van der Waals surface area contributed by atoms with Crippen LogP contribution in [0, 0.1) is 0 Å². The molecule has 0 saturated carbocycles. The van der Waals surface area contributed by atoms with Gasteiger partial charge < -0.3 is 0 Å². The third kappa shape index (κ3) is 3.76. The molecule has 288 valence electrons. The average molecular weight is 785 g/mol. The molecule has 0 aliphatic heterocycles. The second-order valence-corrected chi connectivity index (χ2v) is 18.9. The van der Waals surface area contributed by atoms with Crippen molar-refractivity contribution < 1.29 is 0 Å². The Morgan fingerprint density at radius 3 is 1.24 bits per heavy atom. The summed E-state index contributed by atoms with van der Waals surface area (Å²) in [5.41, 5.74) is 11.3. The highest BCUT2D eigenvalue weighted by molar-refractivity contribution is 6.52. The van der Waals surface area contributed by atoms with Gasteiger partial charge in [-0.1, -0.05) is 179 Å². The fraction of sp³-hybridized carbons (Fsp3) is 0.0968. The van der Waals surface area contributed by atoms with Crippen molar-refractivity contribution in [2.75, 3.05) is 0 Å². The lowest BCUT2D eigenvalue weighted by atomic mass is 9.80. The van der Waals surface area contributed by atoms with E-state index in [2.05, 4.69) is 185 Å². The van der Waals surface area contributed by atoms with E-state index in [0.29, 0.717) is 11.8 Å². The maximum atomic E-state index is 2.49. The molecule has 0 bridgehead atoms. The molecule has 1 aliphatic rings. The van der Waals surface area contributed by atoms with Gasteiger partial charge in [-0.05, 0) is 181 Å². The van der Waals surface area contributed by atoms with Gasteiger partial charge in [-0.15, -0.1) is 0 Å². The number of rotatable bonds is 3. The van der Waals surface area contributed by atoms with Crippen molar-refractivity contribution in [1.29, 1.82) is 0 Å². The molecule has 62 heavy (non-hydrogen) atoms. The highest BCUT2D eigenvalue weighted by Crippen LogP contribution is 2.60. The van der Waals surface area contributed by atoms with Crippen molar-refractivity contribution in [2.24, 2.45) is 0 Å². The van der Waals surface area contributed by atoms with E-state index in [-0.39, 0.29) is 0 Å². The van der Waals surface area contributed by atoms with Crippen LogP contribution in [0.5, 0.6) is 0 Å². The molecule has 0 fully saturated rings. The predicted molar refractivity (Wildman–Crippen MR) is 271 cm³/mol. The lowest BCUT2D eigenvalue weighted by Crippen LogP contribution is -2.01. The van der Waals surface area contributed by atoms with Gasteiger partial charge in [0.05, 0.1) is 0 Å². The summed E-state index contributed by atoms with van der Waals surface area (Å²) in [6, 6.07) is 60.9. The van der Waals surface area contributed by atoms with Gasteiger partial charge in [-0.2, -0.15) is 0 Å². The summed E-state index contributed by atoms with van der Waals surface area (Å²) in [6.45, 7) is 9.52. The maximum absolute atomic E-state index is 2.49. The summed E-state index contributed by atoms with van der Waals surface area (Å²) in [5, 5.41) is 30.2. The van der Waals surface area contributed by atoms with E-state index < -0.39 is 0 Å². The van der Waals surface area contributed by atoms with Crippen LogP contribution in [0.15, 0.2) is 158 Å². The summed E-state index contributed by atoms with van der Waals surface area (Å²) in [7, 11) is 0. The van der Waals surface area contributed by atoms with Crippen molar-refractivity contribution in [3.8, 4) is 33.4 Å². The molecule has 0 N–H and O–H groups in total. The van der Waals surface area contributed by atoms with Crippen LogP contribution in [0.2, 0.25) is 0 Å². The van der Waals surface area contributed by atoms with Gasteiger partial charge in [0.25, 0.3) is 0 Å². The van der Waals surface area contributed by atoms with Gasteiger partial charge in [0.1, 0.15) is 0 Å². The molecule has 14 aromatic carbocycles. The normalized spacial score (nSPS) is 13.1. The fourth-order valence-corrected chi connectivity index (χ4v) is 13.2. The first-order chi connectivity index (χ1) is 30.5. The molecule has 0 aromatic heterocycles. The van der Waals surface area contributed by atoms with Gasteiger partial charge in [0.2, 0.25) is 0 Å². The average Bonchev–Trinajstić information content (AvgIpc) is 3.94. The zero-order valence-electron chi connectivity index (χ0n) is 35.2. The van der Waals surface area contributed by atoms with Crippen LogP contribution in [-0.4, -0.2) is 0 Å². The zero-order valence-corrected chi connectivity index (χ0v) is 35.2. The van der Waals surface area contributed by atoms with Crippen LogP contribution >= 0.6 is 0 Å². The van der Waals surface area contributed by atoms with E-state index in [4.69, 9.17) is 0 Å². The first kappa shape index (κ1) is 33.4. The molecule has 14 aromatic rings. The van der Waals surface area contributed by atoms with Gasteiger partial charge in [0, 0.05) is 0 Å². The topological polar surface area (TPSA) is 0 Å². The molecular formula is C62H40. The number of hydrogen-bond donors (Lipinski definition) is 0. The van der Waals surface area contributed by atoms with E-state index >= 15 is 0 Å². The molecule has 15 rings (SSSR count). The van der Waals surface area contributed by atoms with Crippen LogP contribution in [0.4, 0.5) is 0 Å². The predicted octanol–water partition coefficient (Wildman–Crippen LogP) is 18.2. The van der Waals surface area contributed by atoms with E-state index in [1.165, 1.54) is 163 Å². The second kappa shape index (κ2) is 11.3. The number of hydrogen-bond acceptors (Lipinski definition) is 0. The van der Waals surface area contributed by atoms with Gasteiger partial charge >= 0.3 is 0 Å². The van der Waals surface area contributed by atoms with Gasteiger partial charge in [-0.25, -0.2) is 0 Å². The highest BCUT2D eigenvalue weighted by Gasteiger charge is 2.33. The van der Waals surface area contributed by atoms with Gasteiger partial charge in [-0.3, -0.25) is 0 Å². The molecule has 0 unspecified atom stereocenters. The molecule has 1 aliphatic carbocycles. The smallest absolute Gasteiger partial charge is 0.000696 e. The lowest BCUT2D eigenvalue weighted by Gasteiger charge is -2.23. The monoisotopic (exact) mass is 784 g/mol. The SMILES string of the molecule is CC(C)c1c2c(c(C(C)C)c3ccccc13)-c1ccc3c4ccc5c6c(ccc(c7ccc-2c1c73)c46)c1c(-c2ccccc2)c2cc3ccccc3c3c4ccccc4c(c51)c23. The zero-order chi connectivity index (χ0) is 40.9. The first-order valence-corrected chi connectivity index (χ1v) is 22.5. The Balaban J connectivity index is 1.15. The van der Waals surface area contributed by atoms with Crippen LogP contribution in [-0.2, 0) is 0 Å². The van der Waals surface area contributed by atoms with Crippen molar-refractivity contribution in [3.63, 3.8) is 0 Å². The molecule has 0 heteroatoms. The second-order valence-electron chi connectivity index (χ2n) is 18.9. The molecule has 0 spiro atoms. The van der Waals surface area contributed by atoms with Crippen LogP contribution in [0.25, 0.3) is 152 Å². The minimum absolute atomic E-state index is 0.389.